The molecule has 3 aromatic heterocycles. The molecule has 2 aliphatic rings. The molecule has 28 heavy (non-hydrogen) atoms. The molecule has 146 valence electrons. The minimum Gasteiger partial charge on any atom is -0.382 e. The molecule has 8 nitrogen and oxygen atoms in total. The lowest BCUT2D eigenvalue weighted by Crippen LogP contribution is -2.36. The summed E-state index contributed by atoms with van der Waals surface area (Å²) in [5.41, 5.74) is 8.59. The first-order valence-corrected chi connectivity index (χ1v) is 10.1. The molecule has 4 heterocycles. The summed E-state index contributed by atoms with van der Waals surface area (Å²) in [6.45, 7) is 3.21. The fourth-order valence-electron chi connectivity index (χ4n) is 4.19. The highest BCUT2D eigenvalue weighted by Gasteiger charge is 2.20. The maximum absolute atomic E-state index is 6.21. The highest BCUT2D eigenvalue weighted by Crippen LogP contribution is 2.32. The largest absolute Gasteiger partial charge is 0.382 e. The number of fused-ring (bicyclic) bond motifs is 1. The van der Waals surface area contributed by atoms with Crippen molar-refractivity contribution in [3.05, 3.63) is 24.7 Å². The van der Waals surface area contributed by atoms with Gasteiger partial charge in [-0.2, -0.15) is 0 Å². The van der Waals surface area contributed by atoms with Gasteiger partial charge in [-0.05, 0) is 25.0 Å². The van der Waals surface area contributed by atoms with Crippen LogP contribution in [0.5, 0.6) is 0 Å². The molecule has 1 saturated carbocycles. The number of pyridine rings is 1. The van der Waals surface area contributed by atoms with E-state index >= 15 is 0 Å². The first-order chi connectivity index (χ1) is 13.8. The molecular formula is C20H25N7O. The zero-order chi connectivity index (χ0) is 18.9. The van der Waals surface area contributed by atoms with Crippen LogP contribution in [0.1, 0.15) is 38.1 Å². The van der Waals surface area contributed by atoms with E-state index in [9.17, 15) is 0 Å². The fraction of sp³-hybridized carbons (Fsp3) is 0.500. The number of rotatable bonds is 3. The van der Waals surface area contributed by atoms with E-state index < -0.39 is 0 Å². The first-order valence-electron chi connectivity index (χ1n) is 10.1. The third-order valence-electron chi connectivity index (χ3n) is 5.76. The van der Waals surface area contributed by atoms with Gasteiger partial charge in [0, 0.05) is 30.9 Å². The zero-order valence-corrected chi connectivity index (χ0v) is 15.9. The van der Waals surface area contributed by atoms with Gasteiger partial charge in [-0.25, -0.2) is 19.9 Å². The first kappa shape index (κ1) is 17.4. The smallest absolute Gasteiger partial charge is 0.166 e. The van der Waals surface area contributed by atoms with Gasteiger partial charge in [-0.1, -0.05) is 19.3 Å². The van der Waals surface area contributed by atoms with Gasteiger partial charge in [0.25, 0.3) is 0 Å². The van der Waals surface area contributed by atoms with E-state index in [0.29, 0.717) is 23.2 Å². The Bertz CT molecular complexity index is 957. The molecule has 1 saturated heterocycles. The molecule has 5 rings (SSSR count). The Morgan fingerprint density at radius 1 is 1.00 bits per heavy atom. The van der Waals surface area contributed by atoms with E-state index in [4.69, 9.17) is 15.5 Å². The quantitative estimate of drug-likeness (QED) is 0.747. The molecular weight excluding hydrogens is 354 g/mol. The molecule has 0 radical (unpaired) electrons. The molecule has 0 unspecified atom stereocenters. The standard InChI is InChI=1S/C20H25N7O/c21-18-17-20(27(13-23-17)15-4-2-1-3-5-15)25-19(24-18)14-6-7-16(22-12-14)26-8-10-28-11-9-26/h6-7,12-13,15H,1-5,8-11H2,(H2,21,24,25). The van der Waals surface area contributed by atoms with Crippen LogP contribution in [-0.4, -0.2) is 50.8 Å². The van der Waals surface area contributed by atoms with Gasteiger partial charge in [0.2, 0.25) is 0 Å². The maximum Gasteiger partial charge on any atom is 0.166 e. The van der Waals surface area contributed by atoms with Gasteiger partial charge in [-0.3, -0.25) is 0 Å². The Kier molecular flexibility index (Phi) is 4.56. The van der Waals surface area contributed by atoms with Gasteiger partial charge < -0.3 is 19.9 Å². The molecule has 2 fully saturated rings. The molecule has 3 aromatic rings. The number of nitrogen functional groups attached to an aromatic ring is 1. The van der Waals surface area contributed by atoms with Crippen molar-refractivity contribution < 1.29 is 4.74 Å². The van der Waals surface area contributed by atoms with Crippen LogP contribution in [0, 0.1) is 0 Å². The summed E-state index contributed by atoms with van der Waals surface area (Å²) >= 11 is 0. The van der Waals surface area contributed by atoms with Crippen molar-refractivity contribution in [2.75, 3.05) is 36.9 Å². The normalized spacial score (nSPS) is 18.6. The predicted octanol–water partition coefficient (Wildman–Crippen LogP) is 2.81. The third-order valence-corrected chi connectivity index (χ3v) is 5.76. The molecule has 0 spiro atoms. The summed E-state index contributed by atoms with van der Waals surface area (Å²) in [6.07, 6.45) is 9.85. The van der Waals surface area contributed by atoms with Crippen molar-refractivity contribution in [3.63, 3.8) is 0 Å². The topological polar surface area (TPSA) is 95.0 Å². The average Bonchev–Trinajstić information content (AvgIpc) is 3.20. The lowest BCUT2D eigenvalue weighted by atomic mass is 9.95. The van der Waals surface area contributed by atoms with Crippen molar-refractivity contribution in [3.8, 4) is 11.4 Å². The van der Waals surface area contributed by atoms with Gasteiger partial charge in [0.1, 0.15) is 11.3 Å². The summed E-state index contributed by atoms with van der Waals surface area (Å²) in [5, 5.41) is 0. The second kappa shape index (κ2) is 7.35. The fourth-order valence-corrected chi connectivity index (χ4v) is 4.19. The highest BCUT2D eigenvalue weighted by molar-refractivity contribution is 5.83. The highest BCUT2D eigenvalue weighted by atomic mass is 16.5. The van der Waals surface area contributed by atoms with Crippen LogP contribution < -0.4 is 10.6 Å². The molecule has 0 atom stereocenters. The van der Waals surface area contributed by atoms with Crippen LogP contribution in [-0.2, 0) is 4.74 Å². The van der Waals surface area contributed by atoms with E-state index in [2.05, 4.69) is 24.4 Å². The number of aromatic nitrogens is 5. The number of hydrogen-bond donors (Lipinski definition) is 1. The summed E-state index contributed by atoms with van der Waals surface area (Å²) < 4.78 is 7.60. The average molecular weight is 379 g/mol. The SMILES string of the molecule is Nc1nc(-c2ccc(N3CCOCC3)nc2)nc2c1ncn2C1CCCCC1. The molecule has 0 amide bonds. The van der Waals surface area contributed by atoms with Gasteiger partial charge in [0.05, 0.1) is 19.5 Å². The second-order valence-electron chi connectivity index (χ2n) is 7.55. The number of nitrogens with two attached hydrogens (primary N) is 1. The minimum atomic E-state index is 0.423. The Morgan fingerprint density at radius 3 is 2.57 bits per heavy atom. The predicted molar refractivity (Wildman–Crippen MR) is 108 cm³/mol. The lowest BCUT2D eigenvalue weighted by molar-refractivity contribution is 0.122. The number of imidazole rings is 1. The Morgan fingerprint density at radius 2 is 1.82 bits per heavy atom. The summed E-state index contributed by atoms with van der Waals surface area (Å²) in [7, 11) is 0. The maximum atomic E-state index is 6.21. The molecule has 8 heteroatoms. The van der Waals surface area contributed by atoms with Crippen LogP contribution in [0.25, 0.3) is 22.6 Å². The van der Waals surface area contributed by atoms with Gasteiger partial charge in [-0.15, -0.1) is 0 Å². The van der Waals surface area contributed by atoms with Crippen molar-refractivity contribution in [1.82, 2.24) is 24.5 Å². The number of hydrogen-bond acceptors (Lipinski definition) is 7. The second-order valence-corrected chi connectivity index (χ2v) is 7.55. The van der Waals surface area contributed by atoms with Crippen molar-refractivity contribution in [2.45, 2.75) is 38.1 Å². The summed E-state index contributed by atoms with van der Waals surface area (Å²) in [5.74, 6) is 1.98. The Hall–Kier alpha value is -2.74. The van der Waals surface area contributed by atoms with Crippen LogP contribution in [0.4, 0.5) is 11.6 Å². The number of morpholine rings is 1. The molecule has 0 aromatic carbocycles. The summed E-state index contributed by atoms with van der Waals surface area (Å²) in [4.78, 5) is 20.6. The van der Waals surface area contributed by atoms with E-state index in [1.165, 1.54) is 32.1 Å². The van der Waals surface area contributed by atoms with Gasteiger partial charge >= 0.3 is 0 Å². The third kappa shape index (κ3) is 3.17. The minimum absolute atomic E-state index is 0.423. The van der Waals surface area contributed by atoms with Crippen LogP contribution in [0.15, 0.2) is 24.7 Å². The van der Waals surface area contributed by atoms with E-state index in [0.717, 1.165) is 43.3 Å². The van der Waals surface area contributed by atoms with E-state index in [1.54, 1.807) is 0 Å². The number of anilines is 2. The molecule has 2 N–H and O–H groups in total. The Labute approximate surface area is 163 Å². The van der Waals surface area contributed by atoms with E-state index in [-0.39, 0.29) is 0 Å². The van der Waals surface area contributed by atoms with Crippen LogP contribution in [0.2, 0.25) is 0 Å². The van der Waals surface area contributed by atoms with Crippen LogP contribution >= 0.6 is 0 Å². The molecule has 1 aliphatic carbocycles. The monoisotopic (exact) mass is 379 g/mol. The van der Waals surface area contributed by atoms with Crippen molar-refractivity contribution >= 4 is 22.8 Å². The van der Waals surface area contributed by atoms with E-state index in [1.807, 2.05) is 24.7 Å². The summed E-state index contributed by atoms with van der Waals surface area (Å²) in [6, 6.07) is 4.48. The van der Waals surface area contributed by atoms with Crippen LogP contribution in [0.3, 0.4) is 0 Å². The van der Waals surface area contributed by atoms with Crippen molar-refractivity contribution in [1.29, 1.82) is 0 Å². The van der Waals surface area contributed by atoms with Gasteiger partial charge in [0.15, 0.2) is 17.3 Å². The number of ether oxygens (including phenoxy) is 1. The molecule has 0 bridgehead atoms. The van der Waals surface area contributed by atoms with Crippen molar-refractivity contribution in [2.24, 2.45) is 0 Å². The number of nitrogens with zero attached hydrogens (tertiary/aromatic N) is 6. The Balaban J connectivity index is 1.48. The lowest BCUT2D eigenvalue weighted by Gasteiger charge is -2.27. The molecule has 1 aliphatic heterocycles. The zero-order valence-electron chi connectivity index (χ0n) is 15.9.